The van der Waals surface area contributed by atoms with Gasteiger partial charge in [-0.15, -0.1) is 0 Å². The van der Waals surface area contributed by atoms with E-state index in [0.717, 1.165) is 30.8 Å². The van der Waals surface area contributed by atoms with Gasteiger partial charge in [0.25, 0.3) is 0 Å². The molecule has 1 aliphatic rings. The van der Waals surface area contributed by atoms with Crippen LogP contribution in [0.15, 0.2) is 18.2 Å². The van der Waals surface area contributed by atoms with Crippen molar-refractivity contribution in [1.29, 1.82) is 0 Å². The molecule has 0 amide bonds. The van der Waals surface area contributed by atoms with Crippen LogP contribution in [0.2, 0.25) is 0 Å². The predicted molar refractivity (Wildman–Crippen MR) is 66.3 cm³/mol. The number of hydrogen-bond acceptors (Lipinski definition) is 4. The highest BCUT2D eigenvalue weighted by Gasteiger charge is 2.24. The molecule has 1 aromatic carbocycles. The standard InChI is InChI=1S/C13H19NO3/c15-7-5-11-12(2-1-3-13(11)17)14-6-4-10(8-14)9-16/h1-3,10,15-17H,4-9H2. The van der Waals surface area contributed by atoms with Gasteiger partial charge < -0.3 is 20.2 Å². The maximum Gasteiger partial charge on any atom is 0.120 e. The van der Waals surface area contributed by atoms with Crippen LogP contribution < -0.4 is 4.90 Å². The molecule has 0 spiro atoms. The summed E-state index contributed by atoms with van der Waals surface area (Å²) in [5.74, 6) is 0.559. The van der Waals surface area contributed by atoms with Crippen LogP contribution in [0.4, 0.5) is 5.69 Å². The first-order valence-corrected chi connectivity index (χ1v) is 6.03. The predicted octanol–water partition coefficient (Wildman–Crippen LogP) is 0.746. The summed E-state index contributed by atoms with van der Waals surface area (Å²) in [6.07, 6.45) is 1.44. The van der Waals surface area contributed by atoms with Crippen molar-refractivity contribution in [3.8, 4) is 5.75 Å². The summed E-state index contributed by atoms with van der Waals surface area (Å²) in [6, 6.07) is 5.43. The Morgan fingerprint density at radius 3 is 2.76 bits per heavy atom. The summed E-state index contributed by atoms with van der Waals surface area (Å²) < 4.78 is 0. The van der Waals surface area contributed by atoms with Crippen molar-refractivity contribution in [3.05, 3.63) is 23.8 Å². The van der Waals surface area contributed by atoms with Crippen molar-refractivity contribution in [2.45, 2.75) is 12.8 Å². The fourth-order valence-electron chi connectivity index (χ4n) is 2.43. The van der Waals surface area contributed by atoms with Crippen LogP contribution in [0, 0.1) is 5.92 Å². The van der Waals surface area contributed by atoms with Crippen LogP contribution in [0.5, 0.6) is 5.75 Å². The molecule has 0 saturated carbocycles. The molecule has 17 heavy (non-hydrogen) atoms. The van der Waals surface area contributed by atoms with E-state index in [4.69, 9.17) is 10.2 Å². The minimum Gasteiger partial charge on any atom is -0.508 e. The molecule has 1 atom stereocenters. The largest absolute Gasteiger partial charge is 0.508 e. The van der Waals surface area contributed by atoms with E-state index >= 15 is 0 Å². The van der Waals surface area contributed by atoms with E-state index in [1.54, 1.807) is 6.07 Å². The maximum absolute atomic E-state index is 9.82. The number of rotatable bonds is 4. The third-order valence-electron chi connectivity index (χ3n) is 3.37. The Morgan fingerprint density at radius 2 is 2.12 bits per heavy atom. The van der Waals surface area contributed by atoms with Gasteiger partial charge in [-0.05, 0) is 18.6 Å². The number of aliphatic hydroxyl groups excluding tert-OH is 2. The Bertz CT molecular complexity index is 381. The third-order valence-corrected chi connectivity index (χ3v) is 3.37. The molecular weight excluding hydrogens is 218 g/mol. The molecule has 3 N–H and O–H groups in total. The zero-order valence-electron chi connectivity index (χ0n) is 9.84. The first-order chi connectivity index (χ1) is 8.26. The molecule has 1 aliphatic heterocycles. The van der Waals surface area contributed by atoms with E-state index in [-0.39, 0.29) is 19.0 Å². The van der Waals surface area contributed by atoms with Crippen molar-refractivity contribution < 1.29 is 15.3 Å². The molecule has 1 fully saturated rings. The number of nitrogens with zero attached hydrogens (tertiary/aromatic N) is 1. The molecular formula is C13H19NO3. The lowest BCUT2D eigenvalue weighted by molar-refractivity contribution is 0.238. The van der Waals surface area contributed by atoms with Crippen LogP contribution in [0.1, 0.15) is 12.0 Å². The van der Waals surface area contributed by atoms with Gasteiger partial charge in [0.2, 0.25) is 0 Å². The fraction of sp³-hybridized carbons (Fsp3) is 0.538. The van der Waals surface area contributed by atoms with Crippen LogP contribution in [0.3, 0.4) is 0 Å². The van der Waals surface area contributed by atoms with Gasteiger partial charge in [-0.25, -0.2) is 0 Å². The van der Waals surface area contributed by atoms with Gasteiger partial charge in [0, 0.05) is 49.9 Å². The lowest BCUT2D eigenvalue weighted by Gasteiger charge is -2.22. The van der Waals surface area contributed by atoms with Crippen LogP contribution in [-0.4, -0.2) is 41.6 Å². The molecule has 1 aromatic rings. The second kappa shape index (κ2) is 5.38. The van der Waals surface area contributed by atoms with Gasteiger partial charge in [0.05, 0.1) is 0 Å². The smallest absolute Gasteiger partial charge is 0.120 e. The van der Waals surface area contributed by atoms with E-state index in [0.29, 0.717) is 12.3 Å². The molecule has 2 rings (SSSR count). The Morgan fingerprint density at radius 1 is 1.29 bits per heavy atom. The van der Waals surface area contributed by atoms with Gasteiger partial charge in [-0.3, -0.25) is 0 Å². The number of aliphatic hydroxyl groups is 2. The van der Waals surface area contributed by atoms with Crippen molar-refractivity contribution >= 4 is 5.69 Å². The van der Waals surface area contributed by atoms with Crippen LogP contribution in [-0.2, 0) is 6.42 Å². The van der Waals surface area contributed by atoms with Gasteiger partial charge in [-0.2, -0.15) is 0 Å². The molecule has 0 radical (unpaired) electrons. The van der Waals surface area contributed by atoms with E-state index in [9.17, 15) is 5.11 Å². The molecule has 4 heteroatoms. The zero-order valence-corrected chi connectivity index (χ0v) is 9.84. The summed E-state index contributed by atoms with van der Waals surface area (Å²) >= 11 is 0. The molecule has 4 nitrogen and oxygen atoms in total. The highest BCUT2D eigenvalue weighted by atomic mass is 16.3. The topological polar surface area (TPSA) is 63.9 Å². The number of aromatic hydroxyl groups is 1. The minimum atomic E-state index is 0.0296. The summed E-state index contributed by atoms with van der Waals surface area (Å²) in [7, 11) is 0. The van der Waals surface area contributed by atoms with Gasteiger partial charge in [0.15, 0.2) is 0 Å². The average molecular weight is 237 g/mol. The quantitative estimate of drug-likeness (QED) is 0.723. The van der Waals surface area contributed by atoms with Gasteiger partial charge in [0.1, 0.15) is 5.75 Å². The first kappa shape index (κ1) is 12.2. The zero-order chi connectivity index (χ0) is 12.3. The number of hydrogen-bond donors (Lipinski definition) is 3. The molecule has 0 bridgehead atoms. The molecule has 1 heterocycles. The molecule has 1 saturated heterocycles. The molecule has 1 unspecified atom stereocenters. The maximum atomic E-state index is 9.82. The number of phenols is 1. The van der Waals surface area contributed by atoms with Crippen molar-refractivity contribution in [2.75, 3.05) is 31.2 Å². The first-order valence-electron chi connectivity index (χ1n) is 6.03. The third kappa shape index (κ3) is 2.53. The monoisotopic (exact) mass is 237 g/mol. The fourth-order valence-corrected chi connectivity index (χ4v) is 2.43. The van der Waals surface area contributed by atoms with Crippen molar-refractivity contribution in [2.24, 2.45) is 5.92 Å². The Kier molecular flexibility index (Phi) is 3.86. The minimum absolute atomic E-state index is 0.0296. The summed E-state index contributed by atoms with van der Waals surface area (Å²) in [5.41, 5.74) is 1.78. The Balaban J connectivity index is 2.23. The van der Waals surface area contributed by atoms with Crippen molar-refractivity contribution in [3.63, 3.8) is 0 Å². The van der Waals surface area contributed by atoms with E-state index in [2.05, 4.69) is 4.90 Å². The van der Waals surface area contributed by atoms with Gasteiger partial charge in [-0.1, -0.05) is 6.07 Å². The van der Waals surface area contributed by atoms with Crippen molar-refractivity contribution in [1.82, 2.24) is 0 Å². The normalized spacial score (nSPS) is 19.9. The Hall–Kier alpha value is -1.26. The van der Waals surface area contributed by atoms with Gasteiger partial charge >= 0.3 is 0 Å². The number of anilines is 1. The van der Waals surface area contributed by atoms with E-state index < -0.39 is 0 Å². The van der Waals surface area contributed by atoms with Crippen LogP contribution >= 0.6 is 0 Å². The lowest BCUT2D eigenvalue weighted by Crippen LogP contribution is -2.22. The summed E-state index contributed by atoms with van der Waals surface area (Å²) in [5, 5.41) is 28.0. The number of phenolic OH excluding ortho intramolecular Hbond substituents is 1. The van der Waals surface area contributed by atoms with E-state index in [1.165, 1.54) is 0 Å². The number of benzene rings is 1. The molecule has 0 aromatic heterocycles. The summed E-state index contributed by atoms with van der Waals surface area (Å²) in [4.78, 5) is 2.17. The Labute approximate surface area is 101 Å². The SMILES string of the molecule is OCCc1c(O)cccc1N1CCC(CO)C1. The average Bonchev–Trinajstić information content (AvgIpc) is 2.80. The van der Waals surface area contributed by atoms with Crippen LogP contribution in [0.25, 0.3) is 0 Å². The molecule has 0 aliphatic carbocycles. The lowest BCUT2D eigenvalue weighted by atomic mass is 10.1. The second-order valence-electron chi connectivity index (χ2n) is 4.53. The summed E-state index contributed by atoms with van der Waals surface area (Å²) in [6.45, 7) is 1.96. The molecule has 94 valence electrons. The highest BCUT2D eigenvalue weighted by Crippen LogP contribution is 2.32. The van der Waals surface area contributed by atoms with E-state index in [1.807, 2.05) is 12.1 Å². The second-order valence-corrected chi connectivity index (χ2v) is 4.53. The highest BCUT2D eigenvalue weighted by molar-refractivity contribution is 5.59.